The molecular formula is C15H15BrFN. The van der Waals surface area contributed by atoms with E-state index in [1.165, 1.54) is 6.07 Å². The monoisotopic (exact) mass is 307 g/mol. The van der Waals surface area contributed by atoms with Crippen LogP contribution in [0, 0.1) is 12.7 Å². The van der Waals surface area contributed by atoms with Gasteiger partial charge in [-0.15, -0.1) is 0 Å². The Morgan fingerprint density at radius 3 is 2.61 bits per heavy atom. The minimum atomic E-state index is -0.212. The zero-order valence-corrected chi connectivity index (χ0v) is 11.7. The van der Waals surface area contributed by atoms with E-state index in [4.69, 9.17) is 5.73 Å². The Labute approximate surface area is 115 Å². The van der Waals surface area contributed by atoms with E-state index in [2.05, 4.69) is 15.9 Å². The van der Waals surface area contributed by atoms with Gasteiger partial charge in [-0.05, 0) is 36.1 Å². The smallest absolute Gasteiger partial charge is 0.126 e. The van der Waals surface area contributed by atoms with Crippen LogP contribution in [0.15, 0.2) is 46.9 Å². The van der Waals surface area contributed by atoms with Gasteiger partial charge in [-0.1, -0.05) is 52.3 Å². The Balaban J connectivity index is 2.25. The van der Waals surface area contributed by atoms with Crippen molar-refractivity contribution in [3.8, 4) is 0 Å². The average molecular weight is 308 g/mol. The van der Waals surface area contributed by atoms with E-state index >= 15 is 0 Å². The van der Waals surface area contributed by atoms with E-state index in [9.17, 15) is 4.39 Å². The summed E-state index contributed by atoms with van der Waals surface area (Å²) in [6.45, 7) is 2.02. The fourth-order valence-electron chi connectivity index (χ4n) is 1.97. The van der Waals surface area contributed by atoms with Gasteiger partial charge in [0.15, 0.2) is 0 Å². The lowest BCUT2D eigenvalue weighted by atomic mass is 9.98. The summed E-state index contributed by atoms with van der Waals surface area (Å²) in [6.07, 6.45) is 0.495. The summed E-state index contributed by atoms with van der Waals surface area (Å²) in [5, 5.41) is 0. The second-order valence-electron chi connectivity index (χ2n) is 4.38. The number of rotatable bonds is 3. The molecule has 0 aromatic heterocycles. The topological polar surface area (TPSA) is 26.0 Å². The summed E-state index contributed by atoms with van der Waals surface area (Å²) >= 11 is 3.54. The minimum Gasteiger partial charge on any atom is -0.324 e. The van der Waals surface area contributed by atoms with Crippen LogP contribution in [0.25, 0.3) is 0 Å². The van der Waals surface area contributed by atoms with Gasteiger partial charge < -0.3 is 5.73 Å². The van der Waals surface area contributed by atoms with Crippen LogP contribution in [0.3, 0.4) is 0 Å². The zero-order chi connectivity index (χ0) is 13.1. The second kappa shape index (κ2) is 5.63. The van der Waals surface area contributed by atoms with Crippen LogP contribution in [-0.4, -0.2) is 0 Å². The number of benzene rings is 2. The van der Waals surface area contributed by atoms with E-state index in [0.717, 1.165) is 15.6 Å². The number of hydrogen-bond donors (Lipinski definition) is 1. The second-order valence-corrected chi connectivity index (χ2v) is 5.17. The maximum absolute atomic E-state index is 13.6. The Morgan fingerprint density at radius 1 is 1.17 bits per heavy atom. The molecule has 0 bridgehead atoms. The summed E-state index contributed by atoms with van der Waals surface area (Å²) in [4.78, 5) is 0. The standard InChI is InChI=1S/C15H15BrFN/c1-10-5-4-7-12(15(10)16)14(18)9-11-6-2-3-8-13(11)17/h2-8,14H,9,18H2,1H3. The van der Waals surface area contributed by atoms with Crippen LogP contribution in [0.1, 0.15) is 22.7 Å². The maximum Gasteiger partial charge on any atom is 0.126 e. The lowest BCUT2D eigenvalue weighted by molar-refractivity contribution is 0.593. The third-order valence-corrected chi connectivity index (χ3v) is 4.10. The first-order valence-electron chi connectivity index (χ1n) is 5.83. The highest BCUT2D eigenvalue weighted by atomic mass is 79.9. The van der Waals surface area contributed by atoms with Crippen LogP contribution in [0.5, 0.6) is 0 Å². The van der Waals surface area contributed by atoms with Crippen LogP contribution in [-0.2, 0) is 6.42 Å². The number of hydrogen-bond acceptors (Lipinski definition) is 1. The van der Waals surface area contributed by atoms with Crippen molar-refractivity contribution in [2.24, 2.45) is 5.73 Å². The maximum atomic E-state index is 13.6. The molecule has 0 radical (unpaired) electrons. The van der Waals surface area contributed by atoms with Gasteiger partial charge in [-0.25, -0.2) is 4.39 Å². The summed E-state index contributed by atoms with van der Waals surface area (Å²) < 4.78 is 14.6. The molecule has 0 amide bonds. The summed E-state index contributed by atoms with van der Waals surface area (Å²) in [7, 11) is 0. The first-order valence-corrected chi connectivity index (χ1v) is 6.63. The molecule has 0 fully saturated rings. The van der Waals surface area contributed by atoms with Gasteiger partial charge in [-0.2, -0.15) is 0 Å². The lowest BCUT2D eigenvalue weighted by Crippen LogP contribution is -2.15. The molecule has 0 aliphatic carbocycles. The number of nitrogens with two attached hydrogens (primary N) is 1. The van der Waals surface area contributed by atoms with Crippen LogP contribution < -0.4 is 5.73 Å². The first kappa shape index (κ1) is 13.2. The van der Waals surface area contributed by atoms with Gasteiger partial charge in [0.1, 0.15) is 5.82 Å². The molecule has 0 aliphatic rings. The zero-order valence-electron chi connectivity index (χ0n) is 10.2. The van der Waals surface area contributed by atoms with E-state index in [0.29, 0.717) is 12.0 Å². The van der Waals surface area contributed by atoms with Gasteiger partial charge in [0.05, 0.1) is 0 Å². The molecule has 2 aromatic rings. The highest BCUT2D eigenvalue weighted by Gasteiger charge is 2.13. The van der Waals surface area contributed by atoms with Crippen molar-refractivity contribution in [1.29, 1.82) is 0 Å². The van der Waals surface area contributed by atoms with Crippen molar-refractivity contribution in [2.75, 3.05) is 0 Å². The normalized spacial score (nSPS) is 12.4. The summed E-state index contributed by atoms with van der Waals surface area (Å²) in [6, 6.07) is 12.5. The largest absolute Gasteiger partial charge is 0.324 e. The van der Waals surface area contributed by atoms with Crippen molar-refractivity contribution in [1.82, 2.24) is 0 Å². The molecule has 0 saturated carbocycles. The van der Waals surface area contributed by atoms with E-state index in [1.807, 2.05) is 31.2 Å². The third-order valence-electron chi connectivity index (χ3n) is 3.02. The highest BCUT2D eigenvalue weighted by Crippen LogP contribution is 2.27. The fourth-order valence-corrected chi connectivity index (χ4v) is 2.53. The molecule has 0 saturated heterocycles. The van der Waals surface area contributed by atoms with Gasteiger partial charge >= 0.3 is 0 Å². The molecule has 1 atom stereocenters. The summed E-state index contributed by atoms with van der Waals surface area (Å²) in [5.41, 5.74) is 8.97. The molecule has 94 valence electrons. The summed E-state index contributed by atoms with van der Waals surface area (Å²) in [5.74, 6) is -0.197. The number of aryl methyl sites for hydroxylation is 1. The Bertz CT molecular complexity index is 554. The van der Waals surface area contributed by atoms with Crippen molar-refractivity contribution in [3.05, 3.63) is 69.4 Å². The lowest BCUT2D eigenvalue weighted by Gasteiger charge is -2.15. The van der Waals surface area contributed by atoms with E-state index in [1.54, 1.807) is 12.1 Å². The molecule has 2 N–H and O–H groups in total. The van der Waals surface area contributed by atoms with Crippen LogP contribution >= 0.6 is 15.9 Å². The first-order chi connectivity index (χ1) is 8.59. The highest BCUT2D eigenvalue weighted by molar-refractivity contribution is 9.10. The van der Waals surface area contributed by atoms with Crippen LogP contribution in [0.4, 0.5) is 4.39 Å². The van der Waals surface area contributed by atoms with Gasteiger partial charge in [0, 0.05) is 10.5 Å². The fraction of sp³-hybridized carbons (Fsp3) is 0.200. The molecule has 0 heterocycles. The molecule has 0 aliphatic heterocycles. The predicted molar refractivity (Wildman–Crippen MR) is 75.9 cm³/mol. The molecule has 3 heteroatoms. The van der Waals surface area contributed by atoms with Gasteiger partial charge in [0.2, 0.25) is 0 Å². The van der Waals surface area contributed by atoms with Crippen LogP contribution in [0.2, 0.25) is 0 Å². The molecule has 0 spiro atoms. The van der Waals surface area contributed by atoms with Gasteiger partial charge in [-0.3, -0.25) is 0 Å². The Hall–Kier alpha value is -1.19. The van der Waals surface area contributed by atoms with Crippen molar-refractivity contribution < 1.29 is 4.39 Å². The molecule has 2 aromatic carbocycles. The molecule has 1 nitrogen and oxygen atoms in total. The van der Waals surface area contributed by atoms with Crippen molar-refractivity contribution in [3.63, 3.8) is 0 Å². The van der Waals surface area contributed by atoms with E-state index < -0.39 is 0 Å². The molecule has 2 rings (SSSR count). The quantitative estimate of drug-likeness (QED) is 0.906. The van der Waals surface area contributed by atoms with E-state index in [-0.39, 0.29) is 11.9 Å². The molecular weight excluding hydrogens is 293 g/mol. The predicted octanol–water partition coefficient (Wildman–Crippen LogP) is 4.14. The minimum absolute atomic E-state index is 0.197. The van der Waals surface area contributed by atoms with Crippen molar-refractivity contribution in [2.45, 2.75) is 19.4 Å². The molecule has 18 heavy (non-hydrogen) atoms. The average Bonchev–Trinajstić information content (AvgIpc) is 2.35. The van der Waals surface area contributed by atoms with Gasteiger partial charge in [0.25, 0.3) is 0 Å². The molecule has 1 unspecified atom stereocenters. The third kappa shape index (κ3) is 2.79. The number of halogens is 2. The Kier molecular flexibility index (Phi) is 4.15. The Morgan fingerprint density at radius 2 is 1.89 bits per heavy atom. The van der Waals surface area contributed by atoms with Crippen molar-refractivity contribution >= 4 is 15.9 Å². The SMILES string of the molecule is Cc1cccc(C(N)Cc2ccccc2F)c1Br.